The Kier molecular flexibility index (Phi) is 7.90. The highest BCUT2D eigenvalue weighted by atomic mass is 79.9. The Hall–Kier alpha value is -0.0600. The van der Waals surface area contributed by atoms with Crippen LogP contribution in [-0.4, -0.2) is 18.6 Å². The Morgan fingerprint density at radius 2 is 2.06 bits per heavy atom. The molecule has 1 N–H and O–H groups in total. The van der Waals surface area contributed by atoms with Crippen molar-refractivity contribution in [3.63, 3.8) is 0 Å². The van der Waals surface area contributed by atoms with Crippen molar-refractivity contribution in [2.24, 2.45) is 0 Å². The SMILES string of the molecule is CSCCCCCNCc1cc(F)cc(Br)c1. The fourth-order valence-electron chi connectivity index (χ4n) is 1.62. The number of thioether (sulfide) groups is 1. The van der Waals surface area contributed by atoms with Crippen LogP contribution in [0.15, 0.2) is 22.7 Å². The van der Waals surface area contributed by atoms with E-state index in [1.54, 1.807) is 6.07 Å². The van der Waals surface area contributed by atoms with Crippen LogP contribution in [-0.2, 0) is 6.54 Å². The monoisotopic (exact) mass is 319 g/mol. The quantitative estimate of drug-likeness (QED) is 0.720. The van der Waals surface area contributed by atoms with Crippen molar-refractivity contribution in [2.45, 2.75) is 25.8 Å². The molecular formula is C13H19BrFNS. The first-order chi connectivity index (χ1) is 8.22. The summed E-state index contributed by atoms with van der Waals surface area (Å²) in [6.45, 7) is 1.74. The van der Waals surface area contributed by atoms with E-state index in [9.17, 15) is 4.39 Å². The highest BCUT2D eigenvalue weighted by molar-refractivity contribution is 9.10. The third-order valence-electron chi connectivity index (χ3n) is 2.45. The molecule has 17 heavy (non-hydrogen) atoms. The van der Waals surface area contributed by atoms with Crippen molar-refractivity contribution in [3.8, 4) is 0 Å². The zero-order valence-corrected chi connectivity index (χ0v) is 12.5. The Bertz CT molecular complexity index is 313. The van der Waals surface area contributed by atoms with Gasteiger partial charge in [0.1, 0.15) is 5.82 Å². The van der Waals surface area contributed by atoms with Crippen LogP contribution in [0.4, 0.5) is 4.39 Å². The van der Waals surface area contributed by atoms with Crippen LogP contribution >= 0.6 is 27.7 Å². The molecule has 0 saturated heterocycles. The summed E-state index contributed by atoms with van der Waals surface area (Å²) in [6, 6.07) is 5.00. The molecule has 0 aliphatic carbocycles. The van der Waals surface area contributed by atoms with Crippen molar-refractivity contribution in [3.05, 3.63) is 34.1 Å². The number of rotatable bonds is 8. The zero-order valence-electron chi connectivity index (χ0n) is 10.1. The van der Waals surface area contributed by atoms with Gasteiger partial charge in [-0.25, -0.2) is 4.39 Å². The summed E-state index contributed by atoms with van der Waals surface area (Å²) in [7, 11) is 0. The first kappa shape index (κ1) is 15.0. The van der Waals surface area contributed by atoms with E-state index in [0.29, 0.717) is 0 Å². The Morgan fingerprint density at radius 3 is 2.76 bits per heavy atom. The highest BCUT2D eigenvalue weighted by Gasteiger charge is 1.98. The molecule has 0 atom stereocenters. The lowest BCUT2D eigenvalue weighted by Gasteiger charge is -2.05. The second-order valence-electron chi connectivity index (χ2n) is 4.01. The molecule has 0 bridgehead atoms. The summed E-state index contributed by atoms with van der Waals surface area (Å²) in [6.07, 6.45) is 5.88. The van der Waals surface area contributed by atoms with Crippen molar-refractivity contribution in [1.29, 1.82) is 0 Å². The van der Waals surface area contributed by atoms with Gasteiger partial charge >= 0.3 is 0 Å². The standard InChI is InChI=1S/C13H19BrFNS/c1-17-6-4-2-3-5-16-10-11-7-12(14)9-13(15)8-11/h7-9,16H,2-6,10H2,1H3. The summed E-state index contributed by atoms with van der Waals surface area (Å²) >= 11 is 5.19. The van der Waals surface area contributed by atoms with Crippen molar-refractivity contribution in [1.82, 2.24) is 5.32 Å². The molecule has 0 heterocycles. The van der Waals surface area contributed by atoms with Crippen LogP contribution in [0, 0.1) is 5.82 Å². The van der Waals surface area contributed by atoms with Gasteiger partial charge in [-0.2, -0.15) is 11.8 Å². The lowest BCUT2D eigenvalue weighted by molar-refractivity contribution is 0.605. The lowest BCUT2D eigenvalue weighted by atomic mass is 10.2. The molecule has 1 aromatic carbocycles. The van der Waals surface area contributed by atoms with Gasteiger partial charge in [-0.15, -0.1) is 0 Å². The summed E-state index contributed by atoms with van der Waals surface area (Å²) in [5, 5.41) is 3.34. The highest BCUT2D eigenvalue weighted by Crippen LogP contribution is 2.14. The van der Waals surface area contributed by atoms with Gasteiger partial charge in [0.2, 0.25) is 0 Å². The van der Waals surface area contributed by atoms with Gasteiger partial charge in [0, 0.05) is 11.0 Å². The minimum absolute atomic E-state index is 0.184. The number of nitrogens with one attached hydrogen (secondary N) is 1. The lowest BCUT2D eigenvalue weighted by Crippen LogP contribution is -2.14. The molecule has 1 aromatic rings. The van der Waals surface area contributed by atoms with E-state index >= 15 is 0 Å². The van der Waals surface area contributed by atoms with Gasteiger partial charge < -0.3 is 5.32 Å². The predicted molar refractivity (Wildman–Crippen MR) is 78.0 cm³/mol. The fraction of sp³-hybridized carbons (Fsp3) is 0.538. The van der Waals surface area contributed by atoms with Crippen LogP contribution in [0.5, 0.6) is 0 Å². The first-order valence-corrected chi connectivity index (χ1v) is 8.05. The van der Waals surface area contributed by atoms with Gasteiger partial charge in [-0.3, -0.25) is 0 Å². The van der Waals surface area contributed by atoms with E-state index in [2.05, 4.69) is 27.5 Å². The molecule has 0 saturated carbocycles. The number of halogens is 2. The van der Waals surface area contributed by atoms with Gasteiger partial charge in [0.15, 0.2) is 0 Å². The smallest absolute Gasteiger partial charge is 0.124 e. The van der Waals surface area contributed by atoms with Gasteiger partial charge in [0.25, 0.3) is 0 Å². The molecule has 0 fully saturated rings. The van der Waals surface area contributed by atoms with Crippen molar-refractivity contribution >= 4 is 27.7 Å². The molecule has 0 aliphatic heterocycles. The van der Waals surface area contributed by atoms with E-state index in [0.717, 1.165) is 23.1 Å². The Labute approximate surface area is 116 Å². The maximum atomic E-state index is 13.1. The average molecular weight is 320 g/mol. The fourth-order valence-corrected chi connectivity index (χ4v) is 2.62. The molecule has 0 aromatic heterocycles. The third-order valence-corrected chi connectivity index (χ3v) is 3.61. The van der Waals surface area contributed by atoms with Gasteiger partial charge in [-0.1, -0.05) is 22.4 Å². The summed E-state index contributed by atoms with van der Waals surface area (Å²) in [5.41, 5.74) is 0.987. The van der Waals surface area contributed by atoms with Crippen LogP contribution in [0.2, 0.25) is 0 Å². The second-order valence-corrected chi connectivity index (χ2v) is 5.91. The molecular weight excluding hydrogens is 301 g/mol. The number of hydrogen-bond donors (Lipinski definition) is 1. The predicted octanol–water partition coefficient (Wildman–Crippen LogP) is 4.21. The van der Waals surface area contributed by atoms with Crippen LogP contribution in [0.25, 0.3) is 0 Å². The normalized spacial score (nSPS) is 10.8. The number of hydrogen-bond acceptors (Lipinski definition) is 2. The van der Waals surface area contributed by atoms with Crippen LogP contribution < -0.4 is 5.32 Å². The van der Waals surface area contributed by atoms with Crippen molar-refractivity contribution in [2.75, 3.05) is 18.6 Å². The largest absolute Gasteiger partial charge is 0.313 e. The van der Waals surface area contributed by atoms with E-state index in [4.69, 9.17) is 0 Å². The second kappa shape index (κ2) is 8.95. The number of benzene rings is 1. The molecule has 0 amide bonds. The van der Waals surface area contributed by atoms with Gasteiger partial charge in [0.05, 0.1) is 0 Å². The number of unbranched alkanes of at least 4 members (excludes halogenated alkanes) is 2. The molecule has 0 spiro atoms. The van der Waals surface area contributed by atoms with E-state index in [-0.39, 0.29) is 5.82 Å². The minimum atomic E-state index is -0.184. The summed E-state index contributed by atoms with van der Waals surface area (Å²) in [5.74, 6) is 1.06. The molecule has 96 valence electrons. The summed E-state index contributed by atoms with van der Waals surface area (Å²) in [4.78, 5) is 0. The molecule has 0 aliphatic rings. The molecule has 1 rings (SSSR count). The van der Waals surface area contributed by atoms with Crippen molar-refractivity contribution < 1.29 is 4.39 Å². The van der Waals surface area contributed by atoms with Crippen LogP contribution in [0.3, 0.4) is 0 Å². The van der Waals surface area contributed by atoms with Crippen LogP contribution in [0.1, 0.15) is 24.8 Å². The minimum Gasteiger partial charge on any atom is -0.313 e. The maximum Gasteiger partial charge on any atom is 0.124 e. The van der Waals surface area contributed by atoms with Gasteiger partial charge in [-0.05, 0) is 55.2 Å². The Balaban J connectivity index is 2.13. The van der Waals surface area contributed by atoms with E-state index in [1.165, 1.54) is 31.1 Å². The summed E-state index contributed by atoms with van der Waals surface area (Å²) < 4.78 is 13.9. The first-order valence-electron chi connectivity index (χ1n) is 5.87. The molecule has 0 radical (unpaired) electrons. The average Bonchev–Trinajstić information content (AvgIpc) is 2.26. The topological polar surface area (TPSA) is 12.0 Å². The zero-order chi connectivity index (χ0) is 12.5. The van der Waals surface area contributed by atoms with E-state index < -0.39 is 0 Å². The third kappa shape index (κ3) is 7.06. The van der Waals surface area contributed by atoms with E-state index in [1.807, 2.05) is 17.8 Å². The molecule has 1 nitrogen and oxygen atoms in total. The maximum absolute atomic E-state index is 13.1. The molecule has 4 heteroatoms. The molecule has 0 unspecified atom stereocenters. The Morgan fingerprint density at radius 1 is 1.24 bits per heavy atom.